The van der Waals surface area contributed by atoms with E-state index in [0.29, 0.717) is 17.3 Å². The number of fused-ring (bicyclic) bond motifs is 1. The maximum atomic E-state index is 12.1. The first-order chi connectivity index (χ1) is 11.1. The highest BCUT2D eigenvalue weighted by atomic mass is 16.5. The number of hydrogen-bond donors (Lipinski definition) is 2. The summed E-state index contributed by atoms with van der Waals surface area (Å²) in [6.07, 6.45) is 2.99. The molecule has 0 aliphatic heterocycles. The van der Waals surface area contributed by atoms with Gasteiger partial charge in [0.1, 0.15) is 0 Å². The van der Waals surface area contributed by atoms with Gasteiger partial charge in [-0.2, -0.15) is 5.10 Å². The third-order valence-electron chi connectivity index (χ3n) is 3.33. The van der Waals surface area contributed by atoms with E-state index in [0.717, 1.165) is 19.3 Å². The van der Waals surface area contributed by atoms with E-state index in [-0.39, 0.29) is 23.8 Å². The van der Waals surface area contributed by atoms with Crippen LogP contribution in [-0.2, 0) is 9.53 Å². The molecule has 0 aliphatic carbocycles. The van der Waals surface area contributed by atoms with Gasteiger partial charge >= 0.3 is 5.97 Å². The highest BCUT2D eigenvalue weighted by Gasteiger charge is 2.16. The number of benzene rings is 1. The van der Waals surface area contributed by atoms with Crippen molar-refractivity contribution in [2.75, 3.05) is 13.2 Å². The third kappa shape index (κ3) is 4.38. The molecule has 0 saturated heterocycles. The lowest BCUT2D eigenvalue weighted by Crippen LogP contribution is -2.30. The van der Waals surface area contributed by atoms with Crippen molar-refractivity contribution in [3.63, 3.8) is 0 Å². The van der Waals surface area contributed by atoms with Gasteiger partial charge in [-0.3, -0.25) is 9.59 Å². The topological polar surface area (TPSA) is 101 Å². The summed E-state index contributed by atoms with van der Waals surface area (Å²) >= 11 is 0. The van der Waals surface area contributed by atoms with Gasteiger partial charge < -0.3 is 10.1 Å². The van der Waals surface area contributed by atoms with E-state index in [4.69, 9.17) is 4.74 Å². The highest BCUT2D eigenvalue weighted by molar-refractivity contribution is 6.02. The standard InChI is InChI=1S/C16H19N3O4/c1-2-3-6-9-17-13(20)10-23-16(22)14-11-7-4-5-8-12(11)15(21)19-18-14/h4-5,7-8H,2-3,6,9-10H2,1H3,(H,17,20)(H,19,21). The Balaban J connectivity index is 1.98. The molecule has 7 nitrogen and oxygen atoms in total. The molecule has 122 valence electrons. The normalized spacial score (nSPS) is 10.5. The second-order valence-corrected chi connectivity index (χ2v) is 5.08. The van der Waals surface area contributed by atoms with Crippen molar-refractivity contribution in [1.82, 2.24) is 15.5 Å². The summed E-state index contributed by atoms with van der Waals surface area (Å²) in [6, 6.07) is 6.59. The van der Waals surface area contributed by atoms with Crippen LogP contribution in [0.15, 0.2) is 29.1 Å². The molecule has 0 radical (unpaired) electrons. The van der Waals surface area contributed by atoms with E-state index < -0.39 is 5.97 Å². The Bertz CT molecular complexity index is 754. The van der Waals surface area contributed by atoms with Crippen molar-refractivity contribution >= 4 is 22.6 Å². The van der Waals surface area contributed by atoms with Crippen molar-refractivity contribution in [3.8, 4) is 0 Å². The molecule has 0 aliphatic rings. The molecule has 1 aromatic carbocycles. The Morgan fingerprint density at radius 1 is 1.22 bits per heavy atom. The lowest BCUT2D eigenvalue weighted by atomic mass is 10.1. The van der Waals surface area contributed by atoms with Crippen LogP contribution in [0, 0.1) is 0 Å². The minimum Gasteiger partial charge on any atom is -0.451 e. The number of aromatic nitrogens is 2. The summed E-state index contributed by atoms with van der Waals surface area (Å²) in [5, 5.41) is 9.40. The number of amides is 1. The molecule has 2 N–H and O–H groups in total. The largest absolute Gasteiger partial charge is 0.451 e. The quantitative estimate of drug-likeness (QED) is 0.593. The van der Waals surface area contributed by atoms with Crippen LogP contribution in [0.1, 0.15) is 36.7 Å². The van der Waals surface area contributed by atoms with E-state index >= 15 is 0 Å². The minimum atomic E-state index is -0.749. The zero-order valence-corrected chi connectivity index (χ0v) is 12.9. The first-order valence-electron chi connectivity index (χ1n) is 7.54. The van der Waals surface area contributed by atoms with Crippen molar-refractivity contribution in [2.45, 2.75) is 26.2 Å². The number of unbranched alkanes of at least 4 members (excludes halogenated alkanes) is 2. The lowest BCUT2D eigenvalue weighted by Gasteiger charge is -2.07. The number of H-pyrrole nitrogens is 1. The van der Waals surface area contributed by atoms with Gasteiger partial charge in [-0.15, -0.1) is 0 Å². The van der Waals surface area contributed by atoms with Gasteiger partial charge in [0.25, 0.3) is 11.5 Å². The van der Waals surface area contributed by atoms with Gasteiger partial charge in [-0.1, -0.05) is 38.0 Å². The summed E-state index contributed by atoms with van der Waals surface area (Å²) < 4.78 is 4.96. The van der Waals surface area contributed by atoms with Gasteiger partial charge in [-0.25, -0.2) is 9.89 Å². The number of rotatable bonds is 7. The Kier molecular flexibility index (Phi) is 5.85. The van der Waals surface area contributed by atoms with Gasteiger partial charge in [0.05, 0.1) is 5.39 Å². The van der Waals surface area contributed by atoms with Crippen LogP contribution < -0.4 is 10.9 Å². The summed E-state index contributed by atoms with van der Waals surface area (Å²) in [6.45, 7) is 2.26. The number of esters is 1. The SMILES string of the molecule is CCCCCNC(=O)COC(=O)c1n[nH]c(=O)c2ccccc12. The van der Waals surface area contributed by atoms with Gasteiger partial charge in [0.2, 0.25) is 0 Å². The zero-order chi connectivity index (χ0) is 16.7. The lowest BCUT2D eigenvalue weighted by molar-refractivity contribution is -0.124. The van der Waals surface area contributed by atoms with Crippen molar-refractivity contribution < 1.29 is 14.3 Å². The Labute approximate surface area is 133 Å². The van der Waals surface area contributed by atoms with Crippen molar-refractivity contribution in [2.24, 2.45) is 0 Å². The Morgan fingerprint density at radius 2 is 1.96 bits per heavy atom. The maximum absolute atomic E-state index is 12.1. The molecular weight excluding hydrogens is 298 g/mol. The maximum Gasteiger partial charge on any atom is 0.359 e. The van der Waals surface area contributed by atoms with E-state index in [1.54, 1.807) is 24.3 Å². The summed E-state index contributed by atoms with van der Waals surface area (Å²) in [5.74, 6) is -1.11. The number of ether oxygens (including phenoxy) is 1. The number of carbonyl (C=O) groups is 2. The number of aromatic amines is 1. The third-order valence-corrected chi connectivity index (χ3v) is 3.33. The summed E-state index contributed by atoms with van der Waals surface area (Å²) in [5.41, 5.74) is -0.398. The molecule has 1 amide bonds. The Morgan fingerprint density at radius 3 is 2.70 bits per heavy atom. The van der Waals surface area contributed by atoms with Crippen LogP contribution in [0.3, 0.4) is 0 Å². The number of nitrogens with one attached hydrogen (secondary N) is 2. The molecular formula is C16H19N3O4. The number of carbonyl (C=O) groups excluding carboxylic acids is 2. The van der Waals surface area contributed by atoms with Gasteiger partial charge in [0.15, 0.2) is 12.3 Å². The second kappa shape index (κ2) is 8.07. The van der Waals surface area contributed by atoms with E-state index in [1.165, 1.54) is 0 Å². The van der Waals surface area contributed by atoms with Crippen LogP contribution in [0.4, 0.5) is 0 Å². The predicted molar refractivity (Wildman–Crippen MR) is 85.2 cm³/mol. The van der Waals surface area contributed by atoms with Crippen LogP contribution >= 0.6 is 0 Å². The molecule has 23 heavy (non-hydrogen) atoms. The zero-order valence-electron chi connectivity index (χ0n) is 12.9. The highest BCUT2D eigenvalue weighted by Crippen LogP contribution is 2.13. The van der Waals surface area contributed by atoms with Crippen LogP contribution in [0.25, 0.3) is 10.8 Å². The second-order valence-electron chi connectivity index (χ2n) is 5.08. The number of hydrogen-bond acceptors (Lipinski definition) is 5. The van der Waals surface area contributed by atoms with Gasteiger partial charge in [0, 0.05) is 11.9 Å². The van der Waals surface area contributed by atoms with Crippen LogP contribution in [-0.4, -0.2) is 35.2 Å². The fraction of sp³-hybridized carbons (Fsp3) is 0.375. The van der Waals surface area contributed by atoms with Crippen LogP contribution in [0.5, 0.6) is 0 Å². The molecule has 1 heterocycles. The average molecular weight is 317 g/mol. The molecule has 0 spiro atoms. The smallest absolute Gasteiger partial charge is 0.359 e. The molecule has 0 unspecified atom stereocenters. The molecule has 2 rings (SSSR count). The minimum absolute atomic E-state index is 0.0148. The molecule has 7 heteroatoms. The first kappa shape index (κ1) is 16.7. The summed E-state index contributed by atoms with van der Waals surface area (Å²) in [7, 11) is 0. The number of nitrogens with zero attached hydrogens (tertiary/aromatic N) is 1. The molecule has 0 bridgehead atoms. The molecule has 0 atom stereocenters. The summed E-state index contributed by atoms with van der Waals surface area (Å²) in [4.78, 5) is 35.3. The van der Waals surface area contributed by atoms with Crippen LogP contribution in [0.2, 0.25) is 0 Å². The fourth-order valence-electron chi connectivity index (χ4n) is 2.12. The monoisotopic (exact) mass is 317 g/mol. The van der Waals surface area contributed by atoms with E-state index in [1.807, 2.05) is 0 Å². The molecule has 1 aromatic heterocycles. The molecule has 0 fully saturated rings. The van der Waals surface area contributed by atoms with Crippen molar-refractivity contribution in [3.05, 3.63) is 40.3 Å². The Hall–Kier alpha value is -2.70. The van der Waals surface area contributed by atoms with Crippen molar-refractivity contribution in [1.29, 1.82) is 0 Å². The molecule has 0 saturated carbocycles. The molecule has 2 aromatic rings. The predicted octanol–water partition coefficient (Wildman–Crippen LogP) is 1.39. The average Bonchev–Trinajstić information content (AvgIpc) is 2.57. The van der Waals surface area contributed by atoms with Gasteiger partial charge in [-0.05, 0) is 12.5 Å². The first-order valence-corrected chi connectivity index (χ1v) is 7.54. The fourth-order valence-corrected chi connectivity index (χ4v) is 2.12. The van der Waals surface area contributed by atoms with E-state index in [9.17, 15) is 14.4 Å². The van der Waals surface area contributed by atoms with E-state index in [2.05, 4.69) is 22.4 Å².